The SMILES string of the molecule is CCOC(=O)c1n[nH]n(N=Cc2ccc(C)cc2)c1=O. The normalized spacial score (nSPS) is 10.9. The predicted molar refractivity (Wildman–Crippen MR) is 73.0 cm³/mol. The van der Waals surface area contributed by atoms with Crippen molar-refractivity contribution in [3.8, 4) is 0 Å². The fraction of sp³-hybridized carbons (Fsp3) is 0.231. The number of rotatable bonds is 4. The lowest BCUT2D eigenvalue weighted by atomic mass is 10.2. The third-order valence-electron chi connectivity index (χ3n) is 2.52. The van der Waals surface area contributed by atoms with E-state index >= 15 is 0 Å². The Bertz CT molecular complexity index is 682. The molecule has 104 valence electrons. The number of carbonyl (C=O) groups is 1. The third kappa shape index (κ3) is 3.00. The minimum Gasteiger partial charge on any atom is -0.461 e. The molecule has 0 spiro atoms. The molecule has 20 heavy (non-hydrogen) atoms. The molecule has 0 saturated heterocycles. The average Bonchev–Trinajstić information content (AvgIpc) is 2.80. The number of nitrogens with zero attached hydrogens (tertiary/aromatic N) is 3. The van der Waals surface area contributed by atoms with Crippen LogP contribution < -0.4 is 5.56 Å². The summed E-state index contributed by atoms with van der Waals surface area (Å²) < 4.78 is 4.71. The minimum atomic E-state index is -0.766. The zero-order valence-electron chi connectivity index (χ0n) is 11.2. The molecule has 0 unspecified atom stereocenters. The van der Waals surface area contributed by atoms with E-state index in [2.05, 4.69) is 15.4 Å². The highest BCUT2D eigenvalue weighted by Crippen LogP contribution is 2.00. The largest absolute Gasteiger partial charge is 0.461 e. The Morgan fingerprint density at radius 3 is 2.80 bits per heavy atom. The highest BCUT2D eigenvalue weighted by atomic mass is 16.5. The second-order valence-corrected chi connectivity index (χ2v) is 4.05. The van der Waals surface area contributed by atoms with Crippen LogP contribution in [0.15, 0.2) is 34.2 Å². The van der Waals surface area contributed by atoms with Gasteiger partial charge in [0.2, 0.25) is 5.69 Å². The summed E-state index contributed by atoms with van der Waals surface area (Å²) in [6.07, 6.45) is 1.49. The van der Waals surface area contributed by atoms with E-state index < -0.39 is 11.5 Å². The van der Waals surface area contributed by atoms with Gasteiger partial charge in [0.05, 0.1) is 12.8 Å². The Hall–Kier alpha value is -2.70. The van der Waals surface area contributed by atoms with E-state index in [4.69, 9.17) is 4.74 Å². The zero-order valence-corrected chi connectivity index (χ0v) is 11.2. The van der Waals surface area contributed by atoms with Crippen LogP contribution in [0, 0.1) is 6.92 Å². The number of esters is 1. The molecule has 7 nitrogen and oxygen atoms in total. The van der Waals surface area contributed by atoms with E-state index in [1.807, 2.05) is 31.2 Å². The molecule has 1 N–H and O–H groups in total. The summed E-state index contributed by atoms with van der Waals surface area (Å²) in [7, 11) is 0. The summed E-state index contributed by atoms with van der Waals surface area (Å²) in [6.45, 7) is 3.81. The lowest BCUT2D eigenvalue weighted by Crippen LogP contribution is -2.20. The van der Waals surface area contributed by atoms with Gasteiger partial charge in [-0.1, -0.05) is 29.8 Å². The van der Waals surface area contributed by atoms with Crippen molar-refractivity contribution in [3.63, 3.8) is 0 Å². The monoisotopic (exact) mass is 274 g/mol. The molecule has 1 aromatic heterocycles. The molecule has 0 amide bonds. The van der Waals surface area contributed by atoms with Crippen LogP contribution in [0.5, 0.6) is 0 Å². The number of hydrogen-bond donors (Lipinski definition) is 1. The van der Waals surface area contributed by atoms with Crippen molar-refractivity contribution >= 4 is 12.2 Å². The van der Waals surface area contributed by atoms with Gasteiger partial charge in [-0.2, -0.15) is 10.3 Å². The van der Waals surface area contributed by atoms with Crippen molar-refractivity contribution in [1.29, 1.82) is 0 Å². The number of nitrogens with one attached hydrogen (secondary N) is 1. The van der Waals surface area contributed by atoms with E-state index in [1.54, 1.807) is 6.92 Å². The molecule has 1 aromatic carbocycles. The Balaban J connectivity index is 2.20. The van der Waals surface area contributed by atoms with Crippen LogP contribution in [0.1, 0.15) is 28.5 Å². The van der Waals surface area contributed by atoms with Crippen LogP contribution >= 0.6 is 0 Å². The van der Waals surface area contributed by atoms with E-state index in [0.29, 0.717) is 0 Å². The maximum Gasteiger partial charge on any atom is 0.364 e. The predicted octanol–water partition coefficient (Wildman–Crippen LogP) is 0.939. The van der Waals surface area contributed by atoms with Crippen LogP contribution in [0.3, 0.4) is 0 Å². The fourth-order valence-corrected chi connectivity index (χ4v) is 1.48. The number of aryl methyl sites for hydroxylation is 1. The average molecular weight is 274 g/mol. The molecule has 0 aliphatic rings. The lowest BCUT2D eigenvalue weighted by molar-refractivity contribution is 0.0517. The molecule has 2 rings (SSSR count). The van der Waals surface area contributed by atoms with Crippen LogP contribution in [-0.2, 0) is 4.74 Å². The van der Waals surface area contributed by atoms with Crippen molar-refractivity contribution in [1.82, 2.24) is 15.1 Å². The molecule has 0 saturated carbocycles. The van der Waals surface area contributed by atoms with Crippen molar-refractivity contribution in [2.24, 2.45) is 5.10 Å². The van der Waals surface area contributed by atoms with Gasteiger partial charge in [0.25, 0.3) is 0 Å². The summed E-state index contributed by atoms with van der Waals surface area (Å²) in [5.41, 5.74) is 1.000. The molecule has 0 aliphatic carbocycles. The van der Waals surface area contributed by atoms with Gasteiger partial charge in [-0.3, -0.25) is 4.79 Å². The van der Waals surface area contributed by atoms with Crippen LogP contribution in [0.25, 0.3) is 0 Å². The highest BCUT2D eigenvalue weighted by Gasteiger charge is 2.17. The first kappa shape index (κ1) is 13.7. The number of H-pyrrole nitrogens is 1. The number of aromatic amines is 1. The molecule has 1 heterocycles. The van der Waals surface area contributed by atoms with Gasteiger partial charge in [0.15, 0.2) is 0 Å². The first-order chi connectivity index (χ1) is 9.61. The number of aromatic nitrogens is 3. The van der Waals surface area contributed by atoms with Gasteiger partial charge in [-0.25, -0.2) is 4.79 Å². The van der Waals surface area contributed by atoms with E-state index in [0.717, 1.165) is 15.9 Å². The van der Waals surface area contributed by atoms with E-state index in [9.17, 15) is 9.59 Å². The van der Waals surface area contributed by atoms with Gasteiger partial charge in [-0.05, 0) is 19.4 Å². The number of carbonyl (C=O) groups excluding carboxylic acids is 1. The van der Waals surface area contributed by atoms with Gasteiger partial charge in [0, 0.05) is 0 Å². The molecule has 0 bridgehead atoms. The third-order valence-corrected chi connectivity index (χ3v) is 2.52. The Morgan fingerprint density at radius 2 is 2.15 bits per heavy atom. The second kappa shape index (κ2) is 5.96. The smallest absolute Gasteiger partial charge is 0.364 e. The van der Waals surface area contributed by atoms with Crippen LogP contribution in [0.2, 0.25) is 0 Å². The summed E-state index contributed by atoms with van der Waals surface area (Å²) in [6, 6.07) is 7.60. The zero-order chi connectivity index (χ0) is 14.5. The summed E-state index contributed by atoms with van der Waals surface area (Å²) in [5, 5.41) is 9.87. The molecule has 0 fully saturated rings. The quantitative estimate of drug-likeness (QED) is 0.663. The standard InChI is InChI=1S/C13H14N4O3/c1-3-20-13(19)11-12(18)17(16-15-11)14-8-10-6-4-9(2)5-7-10/h4-8,16H,3H2,1-2H3. The second-order valence-electron chi connectivity index (χ2n) is 4.05. The van der Waals surface area contributed by atoms with Gasteiger partial charge >= 0.3 is 11.5 Å². The molecule has 0 atom stereocenters. The maximum atomic E-state index is 11.8. The first-order valence-electron chi connectivity index (χ1n) is 6.07. The first-order valence-corrected chi connectivity index (χ1v) is 6.07. The number of benzene rings is 1. The summed E-state index contributed by atoms with van der Waals surface area (Å²) in [4.78, 5) is 24.1. The Morgan fingerprint density at radius 1 is 1.45 bits per heavy atom. The minimum absolute atomic E-state index is 0.178. The van der Waals surface area contributed by atoms with Crippen molar-refractivity contribution in [2.45, 2.75) is 13.8 Å². The van der Waals surface area contributed by atoms with Gasteiger partial charge < -0.3 is 4.74 Å². The van der Waals surface area contributed by atoms with Crippen LogP contribution in [-0.4, -0.2) is 33.9 Å². The summed E-state index contributed by atoms with van der Waals surface area (Å²) >= 11 is 0. The molecular formula is C13H14N4O3. The van der Waals surface area contributed by atoms with Crippen LogP contribution in [0.4, 0.5) is 0 Å². The summed E-state index contributed by atoms with van der Waals surface area (Å²) in [5.74, 6) is -0.766. The maximum absolute atomic E-state index is 11.8. The number of hydrogen-bond acceptors (Lipinski definition) is 5. The lowest BCUT2D eigenvalue weighted by Gasteiger charge is -1.94. The molecule has 7 heteroatoms. The molecular weight excluding hydrogens is 260 g/mol. The van der Waals surface area contributed by atoms with Crippen molar-refractivity contribution < 1.29 is 9.53 Å². The van der Waals surface area contributed by atoms with Gasteiger partial charge in [-0.15, -0.1) is 9.89 Å². The number of ether oxygens (including phenoxy) is 1. The topological polar surface area (TPSA) is 89.3 Å². The molecule has 2 aromatic rings. The highest BCUT2D eigenvalue weighted by molar-refractivity contribution is 5.86. The van der Waals surface area contributed by atoms with Crippen molar-refractivity contribution in [2.75, 3.05) is 6.61 Å². The fourth-order valence-electron chi connectivity index (χ4n) is 1.48. The Kier molecular flexibility index (Phi) is 4.09. The van der Waals surface area contributed by atoms with Gasteiger partial charge in [0.1, 0.15) is 0 Å². The molecule has 0 aliphatic heterocycles. The van der Waals surface area contributed by atoms with Crippen molar-refractivity contribution in [3.05, 3.63) is 51.4 Å². The Labute approximate surface area is 114 Å². The molecule has 0 radical (unpaired) electrons. The van der Waals surface area contributed by atoms with E-state index in [-0.39, 0.29) is 12.3 Å². The van der Waals surface area contributed by atoms with E-state index in [1.165, 1.54) is 6.21 Å².